The largest absolute Gasteiger partial charge is 0.461 e. The molecule has 0 amide bonds. The number of ketones is 1. The lowest BCUT2D eigenvalue weighted by molar-refractivity contribution is -0.114. The van der Waals surface area contributed by atoms with E-state index < -0.39 is 0 Å². The van der Waals surface area contributed by atoms with Crippen LogP contribution in [0.3, 0.4) is 0 Å². The van der Waals surface area contributed by atoms with Gasteiger partial charge in [-0.2, -0.15) is 0 Å². The molecular weight excluding hydrogens is 242 g/mol. The fraction of sp³-hybridized carbons (Fsp3) is 0.0667. The second-order valence-corrected chi connectivity index (χ2v) is 4.44. The van der Waals surface area contributed by atoms with Gasteiger partial charge in [-0.25, -0.2) is 4.99 Å². The van der Waals surface area contributed by atoms with Crippen molar-refractivity contribution < 1.29 is 14.3 Å². The van der Waals surface area contributed by atoms with Crippen molar-refractivity contribution in [1.29, 1.82) is 0 Å². The van der Waals surface area contributed by atoms with Crippen molar-refractivity contribution in [3.05, 3.63) is 58.7 Å². The molecule has 1 aliphatic carbocycles. The molecule has 1 aromatic carbocycles. The average Bonchev–Trinajstić information content (AvgIpc) is 2.45. The van der Waals surface area contributed by atoms with Gasteiger partial charge in [-0.15, -0.1) is 0 Å². The third-order valence-electron chi connectivity index (χ3n) is 3.22. The maximum Gasteiger partial charge on any atom is 0.163 e. The first kappa shape index (κ1) is 10.3. The van der Waals surface area contributed by atoms with Crippen LogP contribution >= 0.6 is 0 Å². The minimum Gasteiger partial charge on any atom is -0.461 e. The quantitative estimate of drug-likeness (QED) is 0.694. The molecule has 1 aromatic rings. The SMILES string of the molecule is O=C1C=C2Oc3ccc4c(c3=CC2=CC1)=NC=CO4. The third kappa shape index (κ3) is 1.53. The Morgan fingerprint density at radius 2 is 2.05 bits per heavy atom. The Bertz CT molecular complexity index is 813. The van der Waals surface area contributed by atoms with E-state index in [0.717, 1.165) is 16.1 Å². The molecule has 92 valence electrons. The Hall–Kier alpha value is -2.62. The molecule has 2 heterocycles. The number of nitrogens with zero attached hydrogens (tertiary/aromatic N) is 1. The predicted octanol–water partition coefficient (Wildman–Crippen LogP) is 1.13. The Labute approximate surface area is 108 Å². The zero-order valence-corrected chi connectivity index (χ0v) is 9.92. The van der Waals surface area contributed by atoms with Crippen LogP contribution in [0.2, 0.25) is 0 Å². The summed E-state index contributed by atoms with van der Waals surface area (Å²) in [6, 6.07) is 3.64. The summed E-state index contributed by atoms with van der Waals surface area (Å²) in [5.41, 5.74) is 0.922. The highest BCUT2D eigenvalue weighted by atomic mass is 16.5. The van der Waals surface area contributed by atoms with Crippen LogP contribution < -0.4 is 20.0 Å². The van der Waals surface area contributed by atoms with E-state index in [9.17, 15) is 4.79 Å². The first-order valence-corrected chi connectivity index (χ1v) is 5.98. The van der Waals surface area contributed by atoms with Crippen LogP contribution in [0.4, 0.5) is 0 Å². The molecule has 2 aliphatic heterocycles. The Kier molecular flexibility index (Phi) is 2.00. The van der Waals surface area contributed by atoms with Gasteiger partial charge in [-0.1, -0.05) is 6.08 Å². The van der Waals surface area contributed by atoms with Gasteiger partial charge in [0.2, 0.25) is 0 Å². The monoisotopic (exact) mass is 251 g/mol. The minimum absolute atomic E-state index is 0.0597. The third-order valence-corrected chi connectivity index (χ3v) is 3.22. The number of allylic oxidation sites excluding steroid dienone is 3. The van der Waals surface area contributed by atoms with Crippen LogP contribution in [-0.2, 0) is 4.79 Å². The number of hydrogen-bond acceptors (Lipinski definition) is 4. The summed E-state index contributed by atoms with van der Waals surface area (Å²) in [5.74, 6) is 2.07. The lowest BCUT2D eigenvalue weighted by atomic mass is 10.0. The van der Waals surface area contributed by atoms with Crippen LogP contribution in [0, 0.1) is 0 Å². The van der Waals surface area contributed by atoms with Crippen LogP contribution in [-0.4, -0.2) is 5.78 Å². The highest BCUT2D eigenvalue weighted by molar-refractivity contribution is 5.95. The molecule has 4 nitrogen and oxygen atoms in total. The van der Waals surface area contributed by atoms with Crippen molar-refractivity contribution in [3.8, 4) is 11.5 Å². The lowest BCUT2D eigenvalue weighted by Gasteiger charge is -2.20. The van der Waals surface area contributed by atoms with Gasteiger partial charge in [-0.3, -0.25) is 4.79 Å². The van der Waals surface area contributed by atoms with Gasteiger partial charge in [0.1, 0.15) is 23.1 Å². The number of carbonyl (C=O) groups is 1. The molecule has 3 aliphatic rings. The first-order chi connectivity index (χ1) is 9.31. The van der Waals surface area contributed by atoms with Gasteiger partial charge in [-0.05, 0) is 18.2 Å². The Morgan fingerprint density at radius 1 is 1.16 bits per heavy atom. The Balaban J connectivity index is 2.02. The van der Waals surface area contributed by atoms with E-state index in [-0.39, 0.29) is 5.78 Å². The van der Waals surface area contributed by atoms with E-state index in [4.69, 9.17) is 9.47 Å². The molecule has 19 heavy (non-hydrogen) atoms. The summed E-state index contributed by atoms with van der Waals surface area (Å²) in [6.07, 6.45) is 8.97. The molecule has 4 rings (SSSR count). The van der Waals surface area contributed by atoms with E-state index >= 15 is 0 Å². The highest BCUT2D eigenvalue weighted by Crippen LogP contribution is 2.25. The summed E-state index contributed by atoms with van der Waals surface area (Å²) in [6.45, 7) is 0. The summed E-state index contributed by atoms with van der Waals surface area (Å²) in [5, 5.41) is 1.65. The molecular formula is C15H9NO3. The van der Waals surface area contributed by atoms with Crippen molar-refractivity contribution in [2.45, 2.75) is 6.42 Å². The Morgan fingerprint density at radius 3 is 3.00 bits per heavy atom. The van der Waals surface area contributed by atoms with Gasteiger partial charge >= 0.3 is 0 Å². The van der Waals surface area contributed by atoms with Gasteiger partial charge in [0.15, 0.2) is 11.5 Å². The minimum atomic E-state index is 0.0597. The molecule has 0 unspecified atom stereocenters. The van der Waals surface area contributed by atoms with Crippen molar-refractivity contribution in [3.63, 3.8) is 0 Å². The van der Waals surface area contributed by atoms with Gasteiger partial charge in [0.25, 0.3) is 0 Å². The number of hydrogen-bond donors (Lipinski definition) is 0. The summed E-state index contributed by atoms with van der Waals surface area (Å²) < 4.78 is 11.2. The number of ether oxygens (including phenoxy) is 2. The fourth-order valence-electron chi connectivity index (χ4n) is 2.33. The second-order valence-electron chi connectivity index (χ2n) is 4.44. The van der Waals surface area contributed by atoms with E-state index in [1.165, 1.54) is 0 Å². The number of benzene rings is 1. The maximum atomic E-state index is 11.4. The molecule has 0 N–H and O–H groups in total. The fourth-order valence-corrected chi connectivity index (χ4v) is 2.33. The standard InChI is InChI=1S/C15H9NO3/c17-10-2-1-9-7-11-12(19-14(9)8-10)3-4-13-15(11)16-5-6-18-13/h1,3-8H,2H2. The number of fused-ring (bicyclic) bond motifs is 4. The molecule has 0 atom stereocenters. The number of rotatable bonds is 0. The molecule has 0 aromatic heterocycles. The number of carbonyl (C=O) groups excluding carboxylic acids is 1. The van der Waals surface area contributed by atoms with E-state index in [2.05, 4.69) is 4.99 Å². The zero-order valence-electron chi connectivity index (χ0n) is 9.92. The molecule has 0 fully saturated rings. The van der Waals surface area contributed by atoms with E-state index in [1.54, 1.807) is 18.5 Å². The lowest BCUT2D eigenvalue weighted by Crippen LogP contribution is -2.32. The predicted molar refractivity (Wildman–Crippen MR) is 67.9 cm³/mol. The molecule has 0 bridgehead atoms. The maximum absolute atomic E-state index is 11.4. The van der Waals surface area contributed by atoms with Crippen LogP contribution in [0.25, 0.3) is 6.08 Å². The summed E-state index contributed by atoms with van der Waals surface area (Å²) in [7, 11) is 0. The second kappa shape index (κ2) is 3.68. The van der Waals surface area contributed by atoms with E-state index in [1.807, 2.05) is 24.3 Å². The topological polar surface area (TPSA) is 47.9 Å². The van der Waals surface area contributed by atoms with Crippen molar-refractivity contribution in [2.24, 2.45) is 4.99 Å². The molecule has 0 radical (unpaired) electrons. The first-order valence-electron chi connectivity index (χ1n) is 5.98. The van der Waals surface area contributed by atoms with Gasteiger partial charge in [0, 0.05) is 23.3 Å². The smallest absolute Gasteiger partial charge is 0.163 e. The van der Waals surface area contributed by atoms with Crippen molar-refractivity contribution in [2.75, 3.05) is 0 Å². The van der Waals surface area contributed by atoms with Crippen LogP contribution in [0.15, 0.2) is 53.1 Å². The van der Waals surface area contributed by atoms with Gasteiger partial charge in [0.05, 0.1) is 6.20 Å². The van der Waals surface area contributed by atoms with E-state index in [0.29, 0.717) is 23.7 Å². The normalized spacial score (nSPS) is 18.4. The summed E-state index contributed by atoms with van der Waals surface area (Å²) in [4.78, 5) is 15.7. The van der Waals surface area contributed by atoms with Crippen molar-refractivity contribution >= 4 is 11.9 Å². The zero-order chi connectivity index (χ0) is 12.8. The van der Waals surface area contributed by atoms with Gasteiger partial charge < -0.3 is 9.47 Å². The molecule has 0 saturated carbocycles. The van der Waals surface area contributed by atoms with Crippen molar-refractivity contribution in [1.82, 2.24) is 0 Å². The van der Waals surface area contributed by atoms with Crippen LogP contribution in [0.1, 0.15) is 6.42 Å². The summed E-state index contributed by atoms with van der Waals surface area (Å²) >= 11 is 0. The highest BCUT2D eigenvalue weighted by Gasteiger charge is 2.20. The molecule has 0 saturated heterocycles. The van der Waals surface area contributed by atoms with Crippen LogP contribution in [0.5, 0.6) is 11.5 Å². The average molecular weight is 251 g/mol. The molecule has 4 heteroatoms. The molecule has 0 spiro atoms.